The van der Waals surface area contributed by atoms with Gasteiger partial charge in [-0.1, -0.05) is 5.16 Å². The van der Waals surface area contributed by atoms with Crippen molar-refractivity contribution in [2.75, 3.05) is 19.6 Å². The van der Waals surface area contributed by atoms with Gasteiger partial charge in [-0.25, -0.2) is 9.37 Å². The number of likely N-dealkylation sites (tertiary alicyclic amines) is 1. The topological polar surface area (TPSA) is 64.2 Å². The van der Waals surface area contributed by atoms with Crippen LogP contribution in [-0.2, 0) is 19.3 Å². The zero-order chi connectivity index (χ0) is 32.1. The van der Waals surface area contributed by atoms with E-state index in [1.165, 1.54) is 18.2 Å². The largest absolute Gasteiger partial charge is 0.356 e. The molecule has 158 valence electrons. The summed E-state index contributed by atoms with van der Waals surface area (Å²) in [6.07, 6.45) is -10.1. The van der Waals surface area contributed by atoms with Gasteiger partial charge in [-0.15, -0.1) is 0 Å². The summed E-state index contributed by atoms with van der Waals surface area (Å²) in [5, 5.41) is 4.61. The van der Waals surface area contributed by atoms with Crippen molar-refractivity contribution in [2.24, 2.45) is 0 Å². The highest BCUT2D eigenvalue weighted by Crippen LogP contribution is 2.32. The van der Waals surface area contributed by atoms with E-state index >= 15 is 0 Å². The van der Waals surface area contributed by atoms with Crippen molar-refractivity contribution in [3.05, 3.63) is 57.1 Å². The van der Waals surface area contributed by atoms with Gasteiger partial charge in [0.1, 0.15) is 11.6 Å². The van der Waals surface area contributed by atoms with Gasteiger partial charge in [0.15, 0.2) is 5.58 Å². The van der Waals surface area contributed by atoms with Crippen LogP contribution in [0.1, 0.15) is 72.1 Å². The van der Waals surface area contributed by atoms with Crippen molar-refractivity contribution in [1.29, 1.82) is 0 Å². The summed E-state index contributed by atoms with van der Waals surface area (Å²) in [7, 11) is 0. The van der Waals surface area contributed by atoms with Crippen LogP contribution < -0.4 is 5.56 Å². The minimum Gasteiger partial charge on any atom is -0.356 e. The van der Waals surface area contributed by atoms with Gasteiger partial charge in [0.25, 0.3) is 5.56 Å². The Morgan fingerprint density at radius 1 is 1.37 bits per heavy atom. The van der Waals surface area contributed by atoms with Crippen molar-refractivity contribution >= 4 is 11.0 Å². The standard InChI is InChI=1S/C23H27FN4O2/c1-15-18(23(29)28-10-3-2-4-21(28)25-15)9-13-27-11-7-16(8-12-27)22-19-6-5-17(24)14-20(19)30-26-22/h5-6,14,16H,2-4,7-13H2,1H3/i1D3,2D2,3D2,9D2,10D2,13D2. The molecular formula is C23H27FN4O2. The highest BCUT2D eigenvalue weighted by Gasteiger charge is 2.25. The highest BCUT2D eigenvalue weighted by molar-refractivity contribution is 5.79. The van der Waals surface area contributed by atoms with Crippen LogP contribution in [0.5, 0.6) is 0 Å². The lowest BCUT2D eigenvalue weighted by Gasteiger charge is -2.31. The van der Waals surface area contributed by atoms with E-state index in [2.05, 4.69) is 10.1 Å². The third-order valence-corrected chi connectivity index (χ3v) is 5.34. The molecule has 2 aliphatic rings. The second-order valence-corrected chi connectivity index (χ2v) is 7.19. The Balaban J connectivity index is 1.55. The Hall–Kier alpha value is -2.54. The van der Waals surface area contributed by atoms with Crippen LogP contribution in [0, 0.1) is 12.7 Å². The Kier molecular flexibility index (Phi) is 2.58. The van der Waals surface area contributed by atoms with Crippen LogP contribution in [0.4, 0.5) is 4.39 Å². The normalized spacial score (nSPS) is 30.9. The third-order valence-electron chi connectivity index (χ3n) is 5.34. The molecule has 6 nitrogen and oxygen atoms in total. The first-order chi connectivity index (χ1) is 19.6. The molecule has 0 bridgehead atoms. The Morgan fingerprint density at radius 3 is 3.07 bits per heavy atom. The van der Waals surface area contributed by atoms with Crippen LogP contribution in [0.2, 0.25) is 0 Å². The summed E-state index contributed by atoms with van der Waals surface area (Å²) in [6, 6.07) is 3.95. The molecule has 2 aliphatic heterocycles. The lowest BCUT2D eigenvalue weighted by Crippen LogP contribution is -2.37. The molecule has 1 saturated heterocycles. The summed E-state index contributed by atoms with van der Waals surface area (Å²) in [5.41, 5.74) is -3.33. The number of aryl methyl sites for hydroxylation is 2. The molecule has 5 rings (SSSR count). The van der Waals surface area contributed by atoms with Crippen LogP contribution >= 0.6 is 0 Å². The van der Waals surface area contributed by atoms with Gasteiger partial charge in [-0.3, -0.25) is 9.36 Å². The maximum atomic E-state index is 13.8. The van der Waals surface area contributed by atoms with Crippen LogP contribution in [0.3, 0.4) is 0 Å². The van der Waals surface area contributed by atoms with E-state index in [-0.39, 0.29) is 42.0 Å². The minimum absolute atomic E-state index is 0.0703. The first kappa shape index (κ1) is 9.73. The van der Waals surface area contributed by atoms with E-state index in [4.69, 9.17) is 22.3 Å². The number of aromatic nitrogens is 3. The maximum Gasteiger partial charge on any atom is 0.256 e. The number of hydrogen-bond acceptors (Lipinski definition) is 5. The zero-order valence-electron chi connectivity index (χ0n) is 28.8. The Morgan fingerprint density at radius 2 is 2.23 bits per heavy atom. The molecule has 30 heavy (non-hydrogen) atoms. The molecule has 2 aromatic heterocycles. The lowest BCUT2D eigenvalue weighted by molar-refractivity contribution is 0.211. The predicted octanol–water partition coefficient (Wildman–Crippen LogP) is 3.59. The van der Waals surface area contributed by atoms with Gasteiger partial charge in [-0.05, 0) is 64.0 Å². The summed E-state index contributed by atoms with van der Waals surface area (Å²) < 4.78 is 127. The van der Waals surface area contributed by atoms with Gasteiger partial charge in [0.2, 0.25) is 0 Å². The summed E-state index contributed by atoms with van der Waals surface area (Å²) in [5.74, 6) is -1.50. The lowest BCUT2D eigenvalue weighted by atomic mass is 9.91. The number of benzene rings is 1. The number of halogens is 1. The molecule has 0 unspecified atom stereocenters. The molecule has 4 heterocycles. The summed E-state index contributed by atoms with van der Waals surface area (Å²) in [6.45, 7) is -9.90. The number of piperidine rings is 1. The molecule has 0 aliphatic carbocycles. The van der Waals surface area contributed by atoms with Crippen molar-refractivity contribution < 1.29 is 26.7 Å². The molecule has 7 heteroatoms. The fourth-order valence-corrected chi connectivity index (χ4v) is 3.76. The smallest absolute Gasteiger partial charge is 0.256 e. The molecule has 3 aromatic rings. The van der Waals surface area contributed by atoms with E-state index in [0.29, 0.717) is 11.1 Å². The van der Waals surface area contributed by atoms with E-state index in [1.807, 2.05) is 0 Å². The fraction of sp³-hybridized carbons (Fsp3) is 0.522. The van der Waals surface area contributed by atoms with Crippen LogP contribution in [0.15, 0.2) is 27.5 Å². The van der Waals surface area contributed by atoms with E-state index in [9.17, 15) is 9.18 Å². The van der Waals surface area contributed by atoms with Crippen molar-refractivity contribution in [3.63, 3.8) is 0 Å². The second kappa shape index (κ2) is 7.95. The number of fused-ring (bicyclic) bond motifs is 2. The van der Waals surface area contributed by atoms with Crippen molar-refractivity contribution in [1.82, 2.24) is 19.6 Å². The molecule has 0 saturated carbocycles. The van der Waals surface area contributed by atoms with Crippen molar-refractivity contribution in [2.45, 2.75) is 57.6 Å². The fourth-order valence-electron chi connectivity index (χ4n) is 3.76. The minimum atomic E-state index is -3.43. The van der Waals surface area contributed by atoms with Crippen LogP contribution in [0.25, 0.3) is 11.0 Å². The quantitative estimate of drug-likeness (QED) is 0.642. The first-order valence-corrected chi connectivity index (χ1v) is 9.53. The number of hydrogen-bond donors (Lipinski definition) is 0. The predicted molar refractivity (Wildman–Crippen MR) is 112 cm³/mol. The summed E-state index contributed by atoms with van der Waals surface area (Å²) in [4.78, 5) is 18.7. The van der Waals surface area contributed by atoms with Gasteiger partial charge in [0, 0.05) is 65.9 Å². The molecule has 0 N–H and O–H groups in total. The van der Waals surface area contributed by atoms with Gasteiger partial charge < -0.3 is 9.42 Å². The third kappa shape index (κ3) is 3.55. The van der Waals surface area contributed by atoms with Crippen LogP contribution in [-0.4, -0.2) is 39.2 Å². The molecule has 1 fully saturated rings. The average Bonchev–Trinajstić information content (AvgIpc) is 3.29. The molecular weight excluding hydrogens is 383 g/mol. The monoisotopic (exact) mass is 423 g/mol. The van der Waals surface area contributed by atoms with Gasteiger partial charge >= 0.3 is 0 Å². The molecule has 0 amide bonds. The SMILES string of the molecule is [2H]C([2H])([2H])c1nc2n(c(=O)c1C([2H])([2H])C([2H])([2H])N1CCC(c3noc4cc(F)ccc34)CC1)C([2H])([2H])C([2H])([2H])C([2H])([2H])C2. The zero-order valence-corrected chi connectivity index (χ0v) is 15.8. The number of nitrogens with zero attached hydrogens (tertiary/aromatic N) is 4. The average molecular weight is 424 g/mol. The van der Waals surface area contributed by atoms with Gasteiger partial charge in [-0.2, -0.15) is 0 Å². The van der Waals surface area contributed by atoms with Gasteiger partial charge in [0.05, 0.1) is 5.69 Å². The first-order valence-electron chi connectivity index (χ1n) is 16.0. The second-order valence-electron chi connectivity index (χ2n) is 7.19. The Labute approximate surface area is 193 Å². The molecule has 0 spiro atoms. The van der Waals surface area contributed by atoms with E-state index < -0.39 is 73.8 Å². The molecule has 0 radical (unpaired) electrons. The van der Waals surface area contributed by atoms with Crippen molar-refractivity contribution in [3.8, 4) is 0 Å². The molecule has 1 aromatic carbocycles. The van der Waals surface area contributed by atoms with E-state index in [1.54, 1.807) is 0 Å². The maximum absolute atomic E-state index is 13.8. The Bertz CT molecular complexity index is 1640. The number of rotatable bonds is 4. The van der Waals surface area contributed by atoms with E-state index in [0.717, 1.165) is 4.90 Å². The molecule has 0 atom stereocenters. The summed E-state index contributed by atoms with van der Waals surface area (Å²) >= 11 is 0. The highest BCUT2D eigenvalue weighted by atomic mass is 19.1.